The Morgan fingerprint density at radius 2 is 1.96 bits per heavy atom. The van der Waals surface area contributed by atoms with Crippen molar-refractivity contribution in [3.63, 3.8) is 0 Å². The number of piperazine rings is 1. The molecular formula is C20H23FN6O. The van der Waals surface area contributed by atoms with Crippen LogP contribution in [0.5, 0.6) is 0 Å². The van der Waals surface area contributed by atoms with Crippen LogP contribution in [0.4, 0.5) is 10.3 Å². The molecule has 0 atom stereocenters. The van der Waals surface area contributed by atoms with Crippen LogP contribution in [-0.2, 0) is 6.54 Å². The summed E-state index contributed by atoms with van der Waals surface area (Å²) in [4.78, 5) is 17.4. The molecule has 1 saturated heterocycles. The number of aryl methyl sites for hydroxylation is 1. The zero-order valence-corrected chi connectivity index (χ0v) is 16.0. The second-order valence-corrected chi connectivity index (χ2v) is 6.71. The van der Waals surface area contributed by atoms with Gasteiger partial charge in [0.25, 0.3) is 0 Å². The molecule has 0 saturated carbocycles. The van der Waals surface area contributed by atoms with Crippen molar-refractivity contribution in [3.05, 3.63) is 53.8 Å². The topological polar surface area (TPSA) is 69.8 Å². The van der Waals surface area contributed by atoms with Crippen molar-refractivity contribution in [2.45, 2.75) is 13.5 Å². The zero-order valence-electron chi connectivity index (χ0n) is 16.0. The SMILES string of the molecule is CN=C(NCc1oc2ccc(F)cc2c1C)N1CCN(c2ncccn2)CC1. The fraction of sp³-hybridized carbons (Fsp3) is 0.350. The summed E-state index contributed by atoms with van der Waals surface area (Å²) in [5, 5.41) is 4.17. The number of hydrogen-bond donors (Lipinski definition) is 1. The number of aliphatic imine (C=N–C) groups is 1. The van der Waals surface area contributed by atoms with Gasteiger partial charge in [-0.2, -0.15) is 0 Å². The summed E-state index contributed by atoms with van der Waals surface area (Å²) in [5.74, 6) is 2.11. The third-order valence-corrected chi connectivity index (χ3v) is 5.03. The lowest BCUT2D eigenvalue weighted by Crippen LogP contribution is -2.52. The van der Waals surface area contributed by atoms with Gasteiger partial charge in [-0.15, -0.1) is 0 Å². The standard InChI is InChI=1S/C20H23FN6O/c1-14-16-12-15(21)4-5-17(16)28-18(14)13-25-19(22-2)26-8-10-27(11-9-26)20-23-6-3-7-24-20/h3-7,12H,8-11,13H2,1-2H3,(H,22,25). The van der Waals surface area contributed by atoms with Gasteiger partial charge in [-0.3, -0.25) is 4.99 Å². The van der Waals surface area contributed by atoms with E-state index in [1.54, 1.807) is 25.5 Å². The van der Waals surface area contributed by atoms with Crippen molar-refractivity contribution < 1.29 is 8.81 Å². The average Bonchev–Trinajstić information content (AvgIpc) is 3.05. The second-order valence-electron chi connectivity index (χ2n) is 6.71. The van der Waals surface area contributed by atoms with Crippen LogP contribution in [0.3, 0.4) is 0 Å². The van der Waals surface area contributed by atoms with Gasteiger partial charge in [0.05, 0.1) is 6.54 Å². The molecule has 0 radical (unpaired) electrons. The molecule has 2 aromatic heterocycles. The van der Waals surface area contributed by atoms with E-state index in [4.69, 9.17) is 4.42 Å². The molecule has 0 spiro atoms. The van der Waals surface area contributed by atoms with E-state index < -0.39 is 0 Å². The van der Waals surface area contributed by atoms with Gasteiger partial charge in [-0.1, -0.05) is 0 Å². The summed E-state index contributed by atoms with van der Waals surface area (Å²) >= 11 is 0. The van der Waals surface area contributed by atoms with E-state index in [0.29, 0.717) is 12.1 Å². The summed E-state index contributed by atoms with van der Waals surface area (Å²) in [6.45, 7) is 5.74. The van der Waals surface area contributed by atoms with Crippen molar-refractivity contribution in [2.24, 2.45) is 4.99 Å². The lowest BCUT2D eigenvalue weighted by atomic mass is 10.1. The Kier molecular flexibility index (Phi) is 5.10. The molecule has 1 N–H and O–H groups in total. The number of benzene rings is 1. The molecule has 0 bridgehead atoms. The molecule has 28 heavy (non-hydrogen) atoms. The normalized spacial score (nSPS) is 15.3. The van der Waals surface area contributed by atoms with Gasteiger partial charge in [0, 0.05) is 56.6 Å². The van der Waals surface area contributed by atoms with Gasteiger partial charge in [0.2, 0.25) is 5.95 Å². The summed E-state index contributed by atoms with van der Waals surface area (Å²) in [5.41, 5.74) is 1.64. The lowest BCUT2D eigenvalue weighted by molar-refractivity contribution is 0.368. The van der Waals surface area contributed by atoms with E-state index in [9.17, 15) is 4.39 Å². The van der Waals surface area contributed by atoms with E-state index >= 15 is 0 Å². The number of fused-ring (bicyclic) bond motifs is 1. The second kappa shape index (κ2) is 7.84. The molecule has 0 unspecified atom stereocenters. The number of aromatic nitrogens is 2. The molecule has 0 aliphatic carbocycles. The molecule has 3 heterocycles. The van der Waals surface area contributed by atoms with Crippen LogP contribution in [0.1, 0.15) is 11.3 Å². The van der Waals surface area contributed by atoms with E-state index in [1.165, 1.54) is 12.1 Å². The molecule has 3 aromatic rings. The number of rotatable bonds is 3. The first-order chi connectivity index (χ1) is 13.7. The predicted octanol–water partition coefficient (Wildman–Crippen LogP) is 2.57. The number of halogens is 1. The first kappa shape index (κ1) is 18.2. The van der Waals surface area contributed by atoms with E-state index in [-0.39, 0.29) is 5.82 Å². The first-order valence-corrected chi connectivity index (χ1v) is 9.31. The van der Waals surface area contributed by atoms with Crippen LogP contribution in [-0.4, -0.2) is 54.1 Å². The zero-order chi connectivity index (χ0) is 19.5. The summed E-state index contributed by atoms with van der Waals surface area (Å²) in [6, 6.07) is 6.41. The Labute approximate surface area is 162 Å². The fourth-order valence-electron chi connectivity index (χ4n) is 3.48. The van der Waals surface area contributed by atoms with Gasteiger partial charge in [0.1, 0.15) is 17.2 Å². The van der Waals surface area contributed by atoms with E-state index in [0.717, 1.165) is 54.8 Å². The van der Waals surface area contributed by atoms with E-state index in [2.05, 4.69) is 30.1 Å². The number of furan rings is 1. The fourth-order valence-corrected chi connectivity index (χ4v) is 3.48. The maximum atomic E-state index is 13.5. The molecule has 7 nitrogen and oxygen atoms in total. The van der Waals surface area contributed by atoms with E-state index in [1.807, 2.05) is 13.0 Å². The van der Waals surface area contributed by atoms with Crippen molar-refractivity contribution in [1.29, 1.82) is 0 Å². The van der Waals surface area contributed by atoms with Gasteiger partial charge in [-0.05, 0) is 31.2 Å². The Balaban J connectivity index is 1.39. The highest BCUT2D eigenvalue weighted by molar-refractivity contribution is 5.83. The highest BCUT2D eigenvalue weighted by Gasteiger charge is 2.21. The summed E-state index contributed by atoms with van der Waals surface area (Å²) in [7, 11) is 1.77. The quantitative estimate of drug-likeness (QED) is 0.555. The summed E-state index contributed by atoms with van der Waals surface area (Å²) < 4.78 is 19.4. The van der Waals surface area contributed by atoms with Crippen molar-refractivity contribution in [1.82, 2.24) is 20.2 Å². The summed E-state index contributed by atoms with van der Waals surface area (Å²) in [6.07, 6.45) is 3.52. The minimum atomic E-state index is -0.257. The third kappa shape index (κ3) is 3.62. The number of guanidine groups is 1. The number of nitrogens with one attached hydrogen (secondary N) is 1. The smallest absolute Gasteiger partial charge is 0.225 e. The van der Waals surface area contributed by atoms with Crippen molar-refractivity contribution in [3.8, 4) is 0 Å². The Hall–Kier alpha value is -3.16. The van der Waals surface area contributed by atoms with Gasteiger partial charge >= 0.3 is 0 Å². The van der Waals surface area contributed by atoms with Crippen LogP contribution in [0.15, 0.2) is 46.1 Å². The molecule has 8 heteroatoms. The van der Waals surface area contributed by atoms with Crippen molar-refractivity contribution in [2.75, 3.05) is 38.1 Å². The minimum absolute atomic E-state index is 0.257. The largest absolute Gasteiger partial charge is 0.459 e. The predicted molar refractivity (Wildman–Crippen MR) is 107 cm³/mol. The lowest BCUT2D eigenvalue weighted by Gasteiger charge is -2.36. The molecule has 1 aliphatic rings. The van der Waals surface area contributed by atoms with Crippen LogP contribution < -0.4 is 10.2 Å². The maximum Gasteiger partial charge on any atom is 0.225 e. The Morgan fingerprint density at radius 3 is 2.68 bits per heavy atom. The first-order valence-electron chi connectivity index (χ1n) is 9.31. The Morgan fingerprint density at radius 1 is 1.21 bits per heavy atom. The number of hydrogen-bond acceptors (Lipinski definition) is 5. The molecular weight excluding hydrogens is 359 g/mol. The highest BCUT2D eigenvalue weighted by Crippen LogP contribution is 2.26. The van der Waals surface area contributed by atoms with Crippen LogP contribution in [0.2, 0.25) is 0 Å². The molecule has 4 rings (SSSR count). The molecule has 1 aliphatic heterocycles. The monoisotopic (exact) mass is 382 g/mol. The number of nitrogens with zero attached hydrogens (tertiary/aromatic N) is 5. The number of anilines is 1. The van der Waals surface area contributed by atoms with Gasteiger partial charge in [0.15, 0.2) is 5.96 Å². The molecule has 146 valence electrons. The average molecular weight is 382 g/mol. The Bertz CT molecular complexity index is 979. The van der Waals surface area contributed by atoms with Crippen LogP contribution >= 0.6 is 0 Å². The third-order valence-electron chi connectivity index (χ3n) is 5.03. The maximum absolute atomic E-state index is 13.5. The molecule has 1 aromatic carbocycles. The minimum Gasteiger partial charge on any atom is -0.459 e. The van der Waals surface area contributed by atoms with Crippen molar-refractivity contribution >= 4 is 22.9 Å². The molecule has 1 fully saturated rings. The van der Waals surface area contributed by atoms with Gasteiger partial charge < -0.3 is 19.5 Å². The van der Waals surface area contributed by atoms with Crippen LogP contribution in [0, 0.1) is 12.7 Å². The molecule has 0 amide bonds. The van der Waals surface area contributed by atoms with Gasteiger partial charge in [-0.25, -0.2) is 14.4 Å². The van der Waals surface area contributed by atoms with Crippen LogP contribution in [0.25, 0.3) is 11.0 Å². The highest BCUT2D eigenvalue weighted by atomic mass is 19.1.